The van der Waals surface area contributed by atoms with Crippen LogP contribution in [0.15, 0.2) is 30.3 Å². The molecule has 1 fully saturated rings. The Bertz CT molecular complexity index is 623. The maximum absolute atomic E-state index is 5.46. The summed E-state index contributed by atoms with van der Waals surface area (Å²) < 4.78 is 5.46. The number of hydrogen-bond donors (Lipinski definition) is 1. The minimum atomic E-state index is 0.529. The number of ether oxygens (including phenoxy) is 1. The molecule has 1 heterocycles. The molecular weight excluding hydrogens is 262 g/mol. The van der Waals surface area contributed by atoms with Gasteiger partial charge in [0, 0.05) is 24.1 Å². The minimum absolute atomic E-state index is 0.529. The fourth-order valence-corrected chi connectivity index (χ4v) is 2.33. The van der Waals surface area contributed by atoms with E-state index in [-0.39, 0.29) is 0 Å². The number of anilines is 1. The Balaban J connectivity index is 2.01. The fraction of sp³-hybridized carbons (Fsp3) is 0.412. The van der Waals surface area contributed by atoms with Crippen LogP contribution in [0.1, 0.15) is 37.9 Å². The van der Waals surface area contributed by atoms with E-state index in [1.54, 1.807) is 7.11 Å². The maximum atomic E-state index is 5.46. The summed E-state index contributed by atoms with van der Waals surface area (Å²) in [5, 5.41) is 3.37. The molecule has 0 aliphatic heterocycles. The number of rotatable bonds is 6. The Morgan fingerprint density at radius 1 is 1.24 bits per heavy atom. The predicted octanol–water partition coefficient (Wildman–Crippen LogP) is 3.85. The third-order valence-corrected chi connectivity index (χ3v) is 3.62. The second-order valence-corrected chi connectivity index (χ2v) is 5.40. The van der Waals surface area contributed by atoms with Crippen LogP contribution in [0.5, 0.6) is 5.75 Å². The summed E-state index contributed by atoms with van der Waals surface area (Å²) in [4.78, 5) is 9.40. The summed E-state index contributed by atoms with van der Waals surface area (Å²) >= 11 is 0. The molecule has 21 heavy (non-hydrogen) atoms. The van der Waals surface area contributed by atoms with Crippen LogP contribution >= 0.6 is 0 Å². The van der Waals surface area contributed by atoms with Gasteiger partial charge in [0.2, 0.25) is 0 Å². The van der Waals surface area contributed by atoms with E-state index in [1.165, 1.54) is 12.8 Å². The standard InChI is InChI=1S/C17H21N3O/c1-3-10-18-16-11-14(19-17(20-16)12-8-9-12)13-6-4-5-7-15(13)21-2/h4-7,11-12H,3,8-10H2,1-2H3,(H,18,19,20). The maximum Gasteiger partial charge on any atom is 0.134 e. The highest BCUT2D eigenvalue weighted by molar-refractivity contribution is 5.69. The molecule has 1 aromatic heterocycles. The zero-order chi connectivity index (χ0) is 14.7. The summed E-state index contributed by atoms with van der Waals surface area (Å²) in [6.07, 6.45) is 3.47. The van der Waals surface area contributed by atoms with Gasteiger partial charge in [0.05, 0.1) is 12.8 Å². The van der Waals surface area contributed by atoms with Gasteiger partial charge in [0.25, 0.3) is 0 Å². The molecule has 0 saturated heterocycles. The van der Waals surface area contributed by atoms with E-state index in [0.717, 1.165) is 41.6 Å². The Morgan fingerprint density at radius 2 is 2.05 bits per heavy atom. The molecule has 4 heteroatoms. The second-order valence-electron chi connectivity index (χ2n) is 5.40. The molecule has 1 aliphatic carbocycles. The van der Waals surface area contributed by atoms with Crippen LogP contribution in [0.2, 0.25) is 0 Å². The second kappa shape index (κ2) is 6.12. The Kier molecular flexibility index (Phi) is 4.04. The topological polar surface area (TPSA) is 47.0 Å². The molecule has 3 rings (SSSR count). The first-order valence-electron chi connectivity index (χ1n) is 7.58. The molecule has 1 aromatic carbocycles. The lowest BCUT2D eigenvalue weighted by molar-refractivity contribution is 0.416. The van der Waals surface area contributed by atoms with E-state index in [4.69, 9.17) is 9.72 Å². The van der Waals surface area contributed by atoms with Crippen molar-refractivity contribution in [2.75, 3.05) is 19.0 Å². The SMILES string of the molecule is CCCNc1cc(-c2ccccc2OC)nc(C2CC2)n1. The lowest BCUT2D eigenvalue weighted by Gasteiger charge is -2.11. The average Bonchev–Trinajstić information content (AvgIpc) is 3.37. The lowest BCUT2D eigenvalue weighted by atomic mass is 10.1. The van der Waals surface area contributed by atoms with E-state index >= 15 is 0 Å². The van der Waals surface area contributed by atoms with Gasteiger partial charge in [-0.15, -0.1) is 0 Å². The van der Waals surface area contributed by atoms with Gasteiger partial charge in [-0.2, -0.15) is 0 Å². The smallest absolute Gasteiger partial charge is 0.134 e. The van der Waals surface area contributed by atoms with Gasteiger partial charge >= 0.3 is 0 Å². The van der Waals surface area contributed by atoms with Gasteiger partial charge in [-0.05, 0) is 31.4 Å². The van der Waals surface area contributed by atoms with Crippen LogP contribution in [-0.2, 0) is 0 Å². The molecule has 1 N–H and O–H groups in total. The highest BCUT2D eigenvalue weighted by Gasteiger charge is 2.27. The molecular formula is C17H21N3O. The van der Waals surface area contributed by atoms with Crippen molar-refractivity contribution in [3.8, 4) is 17.0 Å². The molecule has 1 aliphatic rings. The zero-order valence-corrected chi connectivity index (χ0v) is 12.6. The molecule has 0 unspecified atom stereocenters. The van der Waals surface area contributed by atoms with Crippen molar-refractivity contribution in [2.45, 2.75) is 32.1 Å². The van der Waals surface area contributed by atoms with Crippen molar-refractivity contribution in [1.82, 2.24) is 9.97 Å². The number of benzene rings is 1. The van der Waals surface area contributed by atoms with E-state index in [0.29, 0.717) is 5.92 Å². The molecule has 1 saturated carbocycles. The molecule has 0 bridgehead atoms. The number of nitrogens with one attached hydrogen (secondary N) is 1. The van der Waals surface area contributed by atoms with Gasteiger partial charge in [0.15, 0.2) is 0 Å². The molecule has 4 nitrogen and oxygen atoms in total. The lowest BCUT2D eigenvalue weighted by Crippen LogP contribution is -2.06. The predicted molar refractivity (Wildman–Crippen MR) is 84.8 cm³/mol. The summed E-state index contributed by atoms with van der Waals surface area (Å²) in [5.41, 5.74) is 1.95. The zero-order valence-electron chi connectivity index (χ0n) is 12.6. The molecule has 0 spiro atoms. The third kappa shape index (κ3) is 3.15. The van der Waals surface area contributed by atoms with Crippen molar-refractivity contribution >= 4 is 5.82 Å². The summed E-state index contributed by atoms with van der Waals surface area (Å²) in [5.74, 6) is 3.24. The van der Waals surface area contributed by atoms with Crippen molar-refractivity contribution in [2.24, 2.45) is 0 Å². The van der Waals surface area contributed by atoms with Gasteiger partial charge in [-0.3, -0.25) is 0 Å². The van der Waals surface area contributed by atoms with Crippen LogP contribution in [-0.4, -0.2) is 23.6 Å². The van der Waals surface area contributed by atoms with E-state index in [2.05, 4.69) is 17.2 Å². The van der Waals surface area contributed by atoms with E-state index in [1.807, 2.05) is 30.3 Å². The summed E-state index contributed by atoms with van der Waals surface area (Å²) in [6, 6.07) is 10.0. The van der Waals surface area contributed by atoms with Crippen molar-refractivity contribution < 1.29 is 4.74 Å². The first-order valence-corrected chi connectivity index (χ1v) is 7.58. The normalized spacial score (nSPS) is 14.0. The average molecular weight is 283 g/mol. The Labute approximate surface area is 125 Å². The fourth-order valence-electron chi connectivity index (χ4n) is 2.33. The molecule has 2 aromatic rings. The van der Waals surface area contributed by atoms with Crippen molar-refractivity contribution in [3.05, 3.63) is 36.2 Å². The molecule has 0 atom stereocenters. The number of aromatic nitrogens is 2. The van der Waals surface area contributed by atoms with Crippen molar-refractivity contribution in [1.29, 1.82) is 0 Å². The highest BCUT2D eigenvalue weighted by atomic mass is 16.5. The van der Waals surface area contributed by atoms with E-state index in [9.17, 15) is 0 Å². The minimum Gasteiger partial charge on any atom is -0.496 e. The van der Waals surface area contributed by atoms with Gasteiger partial charge < -0.3 is 10.1 Å². The number of para-hydroxylation sites is 1. The van der Waals surface area contributed by atoms with Crippen LogP contribution in [0, 0.1) is 0 Å². The largest absolute Gasteiger partial charge is 0.496 e. The number of hydrogen-bond acceptors (Lipinski definition) is 4. The number of methoxy groups -OCH3 is 1. The van der Waals surface area contributed by atoms with Crippen LogP contribution in [0.25, 0.3) is 11.3 Å². The highest BCUT2D eigenvalue weighted by Crippen LogP contribution is 2.40. The Hall–Kier alpha value is -2.10. The van der Waals surface area contributed by atoms with E-state index < -0.39 is 0 Å². The molecule has 0 radical (unpaired) electrons. The quantitative estimate of drug-likeness (QED) is 0.874. The first-order chi connectivity index (χ1) is 10.3. The van der Waals surface area contributed by atoms with Gasteiger partial charge in [-0.25, -0.2) is 9.97 Å². The van der Waals surface area contributed by atoms with Gasteiger partial charge in [-0.1, -0.05) is 19.1 Å². The summed E-state index contributed by atoms with van der Waals surface area (Å²) in [7, 11) is 1.69. The third-order valence-electron chi connectivity index (χ3n) is 3.62. The van der Waals surface area contributed by atoms with Crippen LogP contribution in [0.3, 0.4) is 0 Å². The molecule has 0 amide bonds. The van der Waals surface area contributed by atoms with Crippen molar-refractivity contribution in [3.63, 3.8) is 0 Å². The van der Waals surface area contributed by atoms with Crippen LogP contribution in [0.4, 0.5) is 5.82 Å². The monoisotopic (exact) mass is 283 g/mol. The Morgan fingerprint density at radius 3 is 2.76 bits per heavy atom. The number of nitrogens with zero attached hydrogens (tertiary/aromatic N) is 2. The first kappa shape index (κ1) is 13.9. The van der Waals surface area contributed by atoms with Crippen LogP contribution < -0.4 is 10.1 Å². The van der Waals surface area contributed by atoms with Gasteiger partial charge in [0.1, 0.15) is 17.4 Å². The summed E-state index contributed by atoms with van der Waals surface area (Å²) in [6.45, 7) is 3.07. The molecule has 110 valence electrons.